The average molecular weight is 279 g/mol. The van der Waals surface area contributed by atoms with Crippen molar-refractivity contribution in [3.8, 4) is 5.75 Å². The van der Waals surface area contributed by atoms with Crippen LogP contribution in [0.1, 0.15) is 33.6 Å². The molecule has 0 unspecified atom stereocenters. The van der Waals surface area contributed by atoms with Gasteiger partial charge in [0.15, 0.2) is 0 Å². The average Bonchev–Trinajstić information content (AvgIpc) is 2.45. The first-order valence-corrected chi connectivity index (χ1v) is 6.94. The lowest BCUT2D eigenvalue weighted by Crippen LogP contribution is -2.33. The third-order valence-corrected chi connectivity index (χ3v) is 3.21. The minimum Gasteiger partial charge on any atom is -0.494 e. The van der Waals surface area contributed by atoms with Crippen molar-refractivity contribution in [1.29, 1.82) is 0 Å². The van der Waals surface area contributed by atoms with E-state index in [0.717, 1.165) is 37.4 Å². The van der Waals surface area contributed by atoms with Crippen molar-refractivity contribution >= 4 is 11.5 Å². The minimum atomic E-state index is -0.327. The number of nitrogens with one attached hydrogen (secondary N) is 1. The molecule has 1 aromatic carbocycles. The van der Waals surface area contributed by atoms with Crippen molar-refractivity contribution in [2.24, 2.45) is 16.3 Å². The molecule has 0 saturated carbocycles. The standard InChI is InChI=1S/C15H25N3O2/c1-4-11-20-13-7-5-12(6-8-13)17-10-9-15(2,3)14(16)18-19/h5-8,17,19H,4,9-11H2,1-3H3,(H2,16,18). The molecule has 112 valence electrons. The van der Waals surface area contributed by atoms with Crippen LogP contribution in [0.25, 0.3) is 0 Å². The van der Waals surface area contributed by atoms with Gasteiger partial charge in [0.1, 0.15) is 11.6 Å². The first-order chi connectivity index (χ1) is 9.49. The highest BCUT2D eigenvalue weighted by molar-refractivity contribution is 5.85. The fourth-order valence-corrected chi connectivity index (χ4v) is 1.67. The van der Waals surface area contributed by atoms with Gasteiger partial charge in [-0.05, 0) is 37.1 Å². The summed E-state index contributed by atoms with van der Waals surface area (Å²) in [4.78, 5) is 0. The lowest BCUT2D eigenvalue weighted by atomic mass is 9.88. The van der Waals surface area contributed by atoms with E-state index in [2.05, 4.69) is 17.4 Å². The number of nitrogens with two attached hydrogens (primary N) is 1. The third-order valence-electron chi connectivity index (χ3n) is 3.21. The molecule has 0 heterocycles. The monoisotopic (exact) mass is 279 g/mol. The Morgan fingerprint density at radius 3 is 2.55 bits per heavy atom. The van der Waals surface area contributed by atoms with Gasteiger partial charge in [0.2, 0.25) is 0 Å². The van der Waals surface area contributed by atoms with Gasteiger partial charge in [0.05, 0.1) is 6.61 Å². The van der Waals surface area contributed by atoms with E-state index < -0.39 is 0 Å². The van der Waals surface area contributed by atoms with Gasteiger partial charge < -0.3 is 21.0 Å². The van der Waals surface area contributed by atoms with Gasteiger partial charge in [-0.3, -0.25) is 0 Å². The van der Waals surface area contributed by atoms with Crippen LogP contribution < -0.4 is 15.8 Å². The molecule has 4 N–H and O–H groups in total. The van der Waals surface area contributed by atoms with Crippen molar-refractivity contribution < 1.29 is 9.94 Å². The summed E-state index contributed by atoms with van der Waals surface area (Å²) in [5.74, 6) is 1.14. The molecule has 0 fully saturated rings. The molecule has 0 amide bonds. The lowest BCUT2D eigenvalue weighted by Gasteiger charge is -2.23. The van der Waals surface area contributed by atoms with Crippen LogP contribution in [0, 0.1) is 5.41 Å². The Morgan fingerprint density at radius 2 is 2.00 bits per heavy atom. The van der Waals surface area contributed by atoms with Gasteiger partial charge in [0.25, 0.3) is 0 Å². The molecule has 0 bridgehead atoms. The maximum Gasteiger partial charge on any atom is 0.144 e. The van der Waals surface area contributed by atoms with Crippen molar-refractivity contribution in [1.82, 2.24) is 0 Å². The molecule has 0 aliphatic rings. The second-order valence-corrected chi connectivity index (χ2v) is 5.42. The molecule has 0 aliphatic heterocycles. The molecule has 0 radical (unpaired) electrons. The van der Waals surface area contributed by atoms with Crippen LogP contribution in [0.5, 0.6) is 5.75 Å². The Kier molecular flexibility index (Phi) is 6.15. The van der Waals surface area contributed by atoms with E-state index in [-0.39, 0.29) is 11.3 Å². The van der Waals surface area contributed by atoms with Crippen molar-refractivity contribution in [2.75, 3.05) is 18.5 Å². The molecule has 0 saturated heterocycles. The van der Waals surface area contributed by atoms with Crippen LogP contribution in [0.4, 0.5) is 5.69 Å². The molecule has 0 aliphatic carbocycles. The van der Waals surface area contributed by atoms with E-state index in [4.69, 9.17) is 15.7 Å². The topological polar surface area (TPSA) is 79.9 Å². The Balaban J connectivity index is 2.42. The maximum atomic E-state index is 8.72. The zero-order chi connectivity index (χ0) is 15.0. The number of anilines is 1. The molecule has 1 rings (SSSR count). The number of hydrogen-bond donors (Lipinski definition) is 3. The van der Waals surface area contributed by atoms with E-state index in [1.807, 2.05) is 38.1 Å². The normalized spacial score (nSPS) is 12.2. The summed E-state index contributed by atoms with van der Waals surface area (Å²) < 4.78 is 5.53. The van der Waals surface area contributed by atoms with Crippen molar-refractivity contribution in [3.63, 3.8) is 0 Å². The van der Waals surface area contributed by atoms with Crippen LogP contribution in [-0.4, -0.2) is 24.2 Å². The summed E-state index contributed by atoms with van der Waals surface area (Å²) in [6, 6.07) is 7.88. The fraction of sp³-hybridized carbons (Fsp3) is 0.533. The molecule has 0 spiro atoms. The second kappa shape index (κ2) is 7.62. The maximum absolute atomic E-state index is 8.72. The summed E-state index contributed by atoms with van der Waals surface area (Å²) in [7, 11) is 0. The summed E-state index contributed by atoms with van der Waals surface area (Å²) in [6.45, 7) is 7.47. The smallest absolute Gasteiger partial charge is 0.144 e. The predicted molar refractivity (Wildman–Crippen MR) is 82.5 cm³/mol. The number of rotatable bonds is 8. The van der Waals surface area contributed by atoms with Gasteiger partial charge in [-0.1, -0.05) is 25.9 Å². The Morgan fingerprint density at radius 1 is 1.35 bits per heavy atom. The van der Waals surface area contributed by atoms with Gasteiger partial charge >= 0.3 is 0 Å². The summed E-state index contributed by atoms with van der Waals surface area (Å²) >= 11 is 0. The molecule has 0 atom stereocenters. The van der Waals surface area contributed by atoms with Gasteiger partial charge in [-0.25, -0.2) is 0 Å². The minimum absolute atomic E-state index is 0.252. The van der Waals surface area contributed by atoms with Crippen molar-refractivity contribution in [2.45, 2.75) is 33.6 Å². The number of nitrogens with zero attached hydrogens (tertiary/aromatic N) is 1. The molecule has 1 aromatic rings. The van der Waals surface area contributed by atoms with E-state index in [9.17, 15) is 0 Å². The number of benzene rings is 1. The van der Waals surface area contributed by atoms with Gasteiger partial charge in [0, 0.05) is 17.6 Å². The summed E-state index contributed by atoms with van der Waals surface area (Å²) in [6.07, 6.45) is 1.78. The highest BCUT2D eigenvalue weighted by Gasteiger charge is 2.22. The Labute approximate surface area is 120 Å². The van der Waals surface area contributed by atoms with Crippen molar-refractivity contribution in [3.05, 3.63) is 24.3 Å². The third kappa shape index (κ3) is 4.99. The van der Waals surface area contributed by atoms with Crippen LogP contribution in [0.2, 0.25) is 0 Å². The van der Waals surface area contributed by atoms with E-state index >= 15 is 0 Å². The molecular formula is C15H25N3O2. The summed E-state index contributed by atoms with van der Waals surface area (Å²) in [5.41, 5.74) is 6.36. The van der Waals surface area contributed by atoms with Crippen LogP contribution in [0.15, 0.2) is 29.4 Å². The number of hydrogen-bond acceptors (Lipinski definition) is 4. The molecular weight excluding hydrogens is 254 g/mol. The first-order valence-electron chi connectivity index (χ1n) is 6.94. The number of oxime groups is 1. The summed E-state index contributed by atoms with van der Waals surface area (Å²) in [5, 5.41) is 15.1. The second-order valence-electron chi connectivity index (χ2n) is 5.42. The molecule has 20 heavy (non-hydrogen) atoms. The van der Waals surface area contributed by atoms with E-state index in [0.29, 0.717) is 0 Å². The molecule has 5 heteroatoms. The quantitative estimate of drug-likeness (QED) is 0.296. The lowest BCUT2D eigenvalue weighted by molar-refractivity contribution is 0.306. The Hall–Kier alpha value is -1.91. The SMILES string of the molecule is CCCOc1ccc(NCCC(C)(C)C(N)=NO)cc1. The number of ether oxygens (including phenoxy) is 1. The Bertz CT molecular complexity index is 427. The van der Waals surface area contributed by atoms with E-state index in [1.165, 1.54) is 0 Å². The fourth-order valence-electron chi connectivity index (χ4n) is 1.67. The molecule has 5 nitrogen and oxygen atoms in total. The van der Waals surface area contributed by atoms with E-state index in [1.54, 1.807) is 0 Å². The zero-order valence-electron chi connectivity index (χ0n) is 12.5. The van der Waals surface area contributed by atoms with Crippen LogP contribution in [0.3, 0.4) is 0 Å². The predicted octanol–water partition coefficient (Wildman–Crippen LogP) is 3.05. The largest absolute Gasteiger partial charge is 0.494 e. The van der Waals surface area contributed by atoms with Gasteiger partial charge in [-0.2, -0.15) is 0 Å². The number of amidine groups is 1. The highest BCUT2D eigenvalue weighted by Crippen LogP contribution is 2.21. The van der Waals surface area contributed by atoms with Crippen LogP contribution >= 0.6 is 0 Å². The van der Waals surface area contributed by atoms with Gasteiger partial charge in [-0.15, -0.1) is 0 Å². The molecule has 0 aromatic heterocycles. The highest BCUT2D eigenvalue weighted by atomic mass is 16.5. The van der Waals surface area contributed by atoms with Crippen LogP contribution in [-0.2, 0) is 0 Å². The zero-order valence-corrected chi connectivity index (χ0v) is 12.5. The first kappa shape index (κ1) is 16.1.